The first-order chi connectivity index (χ1) is 9.66. The monoisotopic (exact) mass is 327 g/mol. The number of anilines is 2. The van der Waals surface area contributed by atoms with Gasteiger partial charge in [0.1, 0.15) is 16.8 Å². The molecule has 0 unspecified atom stereocenters. The van der Waals surface area contributed by atoms with E-state index in [4.69, 9.17) is 11.6 Å². The molecule has 0 radical (unpaired) electrons. The van der Waals surface area contributed by atoms with Crippen LogP contribution in [0.3, 0.4) is 0 Å². The molecule has 0 aliphatic carbocycles. The number of alkyl halides is 3. The van der Waals surface area contributed by atoms with Gasteiger partial charge in [-0.2, -0.15) is 13.2 Å². The largest absolute Gasteiger partial charge is 0.451 e. The number of aromatic nitrogens is 2. The minimum absolute atomic E-state index is 0.286. The molecule has 0 spiro atoms. The predicted molar refractivity (Wildman–Crippen MR) is 61.6 cm³/mol. The number of nitrogens with zero attached hydrogens (tertiary/aromatic N) is 2. The summed E-state index contributed by atoms with van der Waals surface area (Å²) < 4.78 is 76.8. The van der Waals surface area contributed by atoms with Crippen molar-refractivity contribution in [1.29, 1.82) is 0 Å². The molecule has 0 bridgehead atoms. The molecular weight excluding hydrogens is 324 g/mol. The Balaban J connectivity index is 2.43. The Morgan fingerprint density at radius 3 is 2.29 bits per heavy atom. The van der Waals surface area contributed by atoms with Crippen molar-refractivity contribution in [3.05, 3.63) is 46.6 Å². The lowest BCUT2D eigenvalue weighted by Gasteiger charge is -2.10. The van der Waals surface area contributed by atoms with E-state index in [9.17, 15) is 26.3 Å². The predicted octanol–water partition coefficient (Wildman–Crippen LogP) is 4.31. The number of benzene rings is 1. The van der Waals surface area contributed by atoms with E-state index in [-0.39, 0.29) is 6.07 Å². The minimum atomic E-state index is -4.88. The summed E-state index contributed by atoms with van der Waals surface area (Å²) in [6.45, 7) is 0. The first-order valence-corrected chi connectivity index (χ1v) is 5.58. The lowest BCUT2D eigenvalue weighted by Crippen LogP contribution is -2.12. The van der Waals surface area contributed by atoms with Crippen molar-refractivity contribution in [1.82, 2.24) is 9.97 Å². The van der Waals surface area contributed by atoms with Crippen molar-refractivity contribution in [2.75, 3.05) is 5.32 Å². The second-order valence-electron chi connectivity index (χ2n) is 3.77. The van der Waals surface area contributed by atoms with Gasteiger partial charge in [0, 0.05) is 18.2 Å². The van der Waals surface area contributed by atoms with Gasteiger partial charge in [-0.25, -0.2) is 23.1 Å². The van der Waals surface area contributed by atoms with Crippen molar-refractivity contribution >= 4 is 23.1 Å². The summed E-state index contributed by atoms with van der Waals surface area (Å²) in [6, 6.07) is 1.69. The summed E-state index contributed by atoms with van der Waals surface area (Å²) >= 11 is 5.39. The smallest absolute Gasteiger partial charge is 0.338 e. The second-order valence-corrected chi connectivity index (χ2v) is 4.16. The molecule has 0 atom stereocenters. The van der Waals surface area contributed by atoms with Gasteiger partial charge in [0.15, 0.2) is 11.6 Å². The fraction of sp³-hybridized carbons (Fsp3) is 0.0909. The molecule has 1 N–H and O–H groups in total. The SMILES string of the molecule is Fc1cc(F)c(F)c(Nc2cc(Cl)nc(C(F)(F)F)n2)c1. The lowest BCUT2D eigenvalue weighted by atomic mass is 10.3. The third-order valence-corrected chi connectivity index (χ3v) is 2.40. The van der Waals surface area contributed by atoms with Crippen LogP contribution in [0.5, 0.6) is 0 Å². The number of rotatable bonds is 2. The maximum Gasteiger partial charge on any atom is 0.451 e. The van der Waals surface area contributed by atoms with E-state index in [1.54, 1.807) is 0 Å². The van der Waals surface area contributed by atoms with E-state index >= 15 is 0 Å². The summed E-state index contributed by atoms with van der Waals surface area (Å²) in [4.78, 5) is 6.01. The number of hydrogen-bond donors (Lipinski definition) is 1. The average molecular weight is 328 g/mol. The maximum atomic E-state index is 13.4. The first-order valence-electron chi connectivity index (χ1n) is 5.20. The standard InChI is InChI=1S/C11H4ClF6N3/c12-7-3-8(21-10(20-7)11(16,17)18)19-6-2-4(13)1-5(14)9(6)15/h1-3H,(H,19,20,21). The molecule has 0 saturated heterocycles. The Hall–Kier alpha value is -2.03. The fourth-order valence-electron chi connectivity index (χ4n) is 1.39. The average Bonchev–Trinajstić information content (AvgIpc) is 2.33. The lowest BCUT2D eigenvalue weighted by molar-refractivity contribution is -0.144. The quantitative estimate of drug-likeness (QED) is 0.507. The van der Waals surface area contributed by atoms with E-state index in [1.807, 2.05) is 5.32 Å². The van der Waals surface area contributed by atoms with Gasteiger partial charge in [-0.05, 0) is 0 Å². The van der Waals surface area contributed by atoms with Crippen LogP contribution in [0.4, 0.5) is 37.8 Å². The summed E-state index contributed by atoms with van der Waals surface area (Å²) in [5.74, 6) is -6.23. The number of nitrogens with one attached hydrogen (secondary N) is 1. The molecule has 21 heavy (non-hydrogen) atoms. The van der Waals surface area contributed by atoms with Crippen LogP contribution in [0.1, 0.15) is 5.82 Å². The van der Waals surface area contributed by atoms with Gasteiger partial charge in [0.25, 0.3) is 0 Å². The van der Waals surface area contributed by atoms with Gasteiger partial charge < -0.3 is 5.32 Å². The van der Waals surface area contributed by atoms with Gasteiger partial charge in [0.05, 0.1) is 5.69 Å². The first kappa shape index (κ1) is 15.4. The highest BCUT2D eigenvalue weighted by molar-refractivity contribution is 6.29. The van der Waals surface area contributed by atoms with Crippen LogP contribution in [-0.2, 0) is 6.18 Å². The summed E-state index contributed by atoms with van der Waals surface area (Å²) in [7, 11) is 0. The third-order valence-electron chi connectivity index (χ3n) is 2.20. The van der Waals surface area contributed by atoms with E-state index in [0.29, 0.717) is 6.07 Å². The summed E-state index contributed by atoms with van der Waals surface area (Å²) in [5.41, 5.74) is -0.726. The van der Waals surface area contributed by atoms with Gasteiger partial charge in [-0.3, -0.25) is 0 Å². The molecule has 112 valence electrons. The fourth-order valence-corrected chi connectivity index (χ4v) is 1.58. The van der Waals surface area contributed by atoms with E-state index in [1.165, 1.54) is 0 Å². The Morgan fingerprint density at radius 2 is 1.67 bits per heavy atom. The normalized spacial score (nSPS) is 11.6. The zero-order chi connectivity index (χ0) is 15.8. The van der Waals surface area contributed by atoms with Crippen LogP contribution in [-0.4, -0.2) is 9.97 Å². The molecule has 1 aromatic carbocycles. The molecule has 1 heterocycles. The van der Waals surface area contributed by atoms with E-state index in [2.05, 4.69) is 9.97 Å². The Bertz CT molecular complexity index is 688. The Kier molecular flexibility index (Phi) is 3.95. The summed E-state index contributed by atoms with van der Waals surface area (Å²) in [5, 5.41) is 1.44. The highest BCUT2D eigenvalue weighted by Gasteiger charge is 2.35. The van der Waals surface area contributed by atoms with Crippen molar-refractivity contribution in [3.8, 4) is 0 Å². The molecule has 0 amide bonds. The minimum Gasteiger partial charge on any atom is -0.338 e. The van der Waals surface area contributed by atoms with Crippen molar-refractivity contribution in [2.45, 2.75) is 6.18 Å². The van der Waals surface area contributed by atoms with Crippen LogP contribution in [0, 0.1) is 17.5 Å². The maximum absolute atomic E-state index is 13.4. The highest BCUT2D eigenvalue weighted by Crippen LogP contribution is 2.29. The third kappa shape index (κ3) is 3.54. The van der Waals surface area contributed by atoms with Crippen molar-refractivity contribution in [3.63, 3.8) is 0 Å². The van der Waals surface area contributed by atoms with Crippen molar-refractivity contribution in [2.24, 2.45) is 0 Å². The topological polar surface area (TPSA) is 37.8 Å². The van der Waals surface area contributed by atoms with Gasteiger partial charge in [-0.1, -0.05) is 11.6 Å². The molecule has 0 aliphatic rings. The zero-order valence-electron chi connectivity index (χ0n) is 9.77. The number of hydrogen-bond acceptors (Lipinski definition) is 3. The zero-order valence-corrected chi connectivity index (χ0v) is 10.5. The second kappa shape index (κ2) is 5.40. The molecule has 0 saturated carbocycles. The van der Waals surface area contributed by atoms with E-state index in [0.717, 1.165) is 6.07 Å². The molecule has 3 nitrogen and oxygen atoms in total. The van der Waals surface area contributed by atoms with Gasteiger partial charge in [-0.15, -0.1) is 0 Å². The molecule has 2 aromatic rings. The molecular formula is C11H4ClF6N3. The molecule has 0 fully saturated rings. The summed E-state index contributed by atoms with van der Waals surface area (Å²) in [6.07, 6.45) is -4.88. The molecule has 10 heteroatoms. The Morgan fingerprint density at radius 1 is 1.00 bits per heavy atom. The molecule has 2 rings (SSSR count). The van der Waals surface area contributed by atoms with Crippen LogP contribution in [0.25, 0.3) is 0 Å². The van der Waals surface area contributed by atoms with Crippen LogP contribution >= 0.6 is 11.6 Å². The van der Waals surface area contributed by atoms with Crippen molar-refractivity contribution < 1.29 is 26.3 Å². The Labute approximate surface area is 118 Å². The van der Waals surface area contributed by atoms with Gasteiger partial charge in [0.2, 0.25) is 5.82 Å². The molecule has 1 aromatic heterocycles. The van der Waals surface area contributed by atoms with Gasteiger partial charge >= 0.3 is 6.18 Å². The van der Waals surface area contributed by atoms with Crippen LogP contribution in [0.15, 0.2) is 18.2 Å². The van der Waals surface area contributed by atoms with Crippen LogP contribution < -0.4 is 5.32 Å². The highest BCUT2D eigenvalue weighted by atomic mass is 35.5. The van der Waals surface area contributed by atoms with E-state index < -0.39 is 46.1 Å². The number of halogens is 7. The molecule has 0 aliphatic heterocycles. The van der Waals surface area contributed by atoms with Crippen LogP contribution in [0.2, 0.25) is 5.15 Å².